The minimum absolute atomic E-state index is 0.236. The van der Waals surface area contributed by atoms with E-state index in [1.807, 2.05) is 0 Å². The molecule has 100 valence electrons. The van der Waals surface area contributed by atoms with Crippen LogP contribution in [0.5, 0.6) is 5.75 Å². The Kier molecular flexibility index (Phi) is 4.57. The number of ether oxygens (including phenoxy) is 1. The quantitative estimate of drug-likeness (QED) is 0.859. The Morgan fingerprint density at radius 3 is 2.74 bits per heavy atom. The van der Waals surface area contributed by atoms with Crippen LogP contribution < -0.4 is 10.1 Å². The number of nitrogens with one attached hydrogen (secondary N) is 1. The maximum Gasteiger partial charge on any atom is 0.256 e. The third-order valence-corrected chi connectivity index (χ3v) is 2.66. The van der Waals surface area contributed by atoms with E-state index in [0.717, 1.165) is 11.1 Å². The first-order valence-electron chi connectivity index (χ1n) is 5.72. The van der Waals surface area contributed by atoms with Gasteiger partial charge in [0.2, 0.25) is 0 Å². The zero-order valence-electron chi connectivity index (χ0n) is 10.4. The Balaban J connectivity index is 1.99. The van der Waals surface area contributed by atoms with Crippen LogP contribution in [-0.4, -0.2) is 23.0 Å². The fraction of sp³-hybridized carbons (Fsp3) is 0.231. The lowest BCUT2D eigenvalue weighted by Crippen LogP contribution is -2.12. The van der Waals surface area contributed by atoms with Gasteiger partial charge in [0.1, 0.15) is 11.5 Å². The molecule has 0 spiro atoms. The fourth-order valence-electron chi connectivity index (χ4n) is 1.47. The number of aromatic nitrogens is 1. The summed E-state index contributed by atoms with van der Waals surface area (Å²) in [5.41, 5.74) is 0.534. The average Bonchev–Trinajstić information content (AvgIpc) is 2.82. The lowest BCUT2D eigenvalue weighted by atomic mass is 10.2. The number of halogens is 1. The number of nitrogens with zero attached hydrogens (tertiary/aromatic N) is 1. The third kappa shape index (κ3) is 3.82. The summed E-state index contributed by atoms with van der Waals surface area (Å²) in [5.74, 6) is 1.55. The molecule has 2 aromatic rings. The van der Waals surface area contributed by atoms with Crippen molar-refractivity contribution >= 4 is 27.7 Å². The molecule has 0 fully saturated rings. The van der Waals surface area contributed by atoms with Crippen molar-refractivity contribution in [1.82, 2.24) is 5.16 Å². The van der Waals surface area contributed by atoms with Gasteiger partial charge in [-0.25, -0.2) is 0 Å². The molecule has 0 aliphatic carbocycles. The van der Waals surface area contributed by atoms with Crippen molar-refractivity contribution in [3.63, 3.8) is 0 Å². The summed E-state index contributed by atoms with van der Waals surface area (Å²) >= 11 is 3.28. The van der Waals surface area contributed by atoms with Gasteiger partial charge in [-0.05, 0) is 31.2 Å². The van der Waals surface area contributed by atoms with E-state index >= 15 is 0 Å². The molecule has 0 saturated heterocycles. The Labute approximate surface area is 119 Å². The standard InChI is InChI=1S/C13H13BrN2O3/c1-9-8-12(16-19-9)15-13(17)10-2-4-11(5-3-10)18-7-6-14/h2-5,8H,6-7H2,1H3,(H,15,16,17). The number of rotatable bonds is 5. The summed E-state index contributed by atoms with van der Waals surface area (Å²) in [5, 5.41) is 7.12. The van der Waals surface area contributed by atoms with Crippen LogP contribution in [0.25, 0.3) is 0 Å². The number of hydrogen-bond donors (Lipinski definition) is 1. The predicted molar refractivity (Wildman–Crippen MR) is 74.9 cm³/mol. The maximum atomic E-state index is 11.9. The monoisotopic (exact) mass is 324 g/mol. The molecule has 0 aliphatic heterocycles. The van der Waals surface area contributed by atoms with Crippen molar-refractivity contribution in [3.05, 3.63) is 41.7 Å². The van der Waals surface area contributed by atoms with Gasteiger partial charge in [-0.15, -0.1) is 0 Å². The van der Waals surface area contributed by atoms with Crippen molar-refractivity contribution in [2.45, 2.75) is 6.92 Å². The number of aryl methyl sites for hydroxylation is 1. The van der Waals surface area contributed by atoms with Crippen molar-refractivity contribution in [3.8, 4) is 5.75 Å². The number of hydrogen-bond acceptors (Lipinski definition) is 4. The van der Waals surface area contributed by atoms with Crippen molar-refractivity contribution in [1.29, 1.82) is 0 Å². The average molecular weight is 325 g/mol. The molecule has 0 unspecified atom stereocenters. The summed E-state index contributed by atoms with van der Waals surface area (Å²) in [4.78, 5) is 11.9. The van der Waals surface area contributed by atoms with Gasteiger partial charge in [-0.3, -0.25) is 4.79 Å². The summed E-state index contributed by atoms with van der Waals surface area (Å²) < 4.78 is 10.3. The Morgan fingerprint density at radius 2 is 2.16 bits per heavy atom. The number of carbonyl (C=O) groups excluding carboxylic acids is 1. The van der Waals surface area contributed by atoms with Gasteiger partial charge in [-0.1, -0.05) is 21.1 Å². The molecule has 2 rings (SSSR count). The van der Waals surface area contributed by atoms with E-state index in [0.29, 0.717) is 23.7 Å². The van der Waals surface area contributed by atoms with Gasteiger partial charge < -0.3 is 14.6 Å². The molecule has 0 radical (unpaired) electrons. The van der Waals surface area contributed by atoms with E-state index in [1.165, 1.54) is 0 Å². The highest BCUT2D eigenvalue weighted by atomic mass is 79.9. The maximum absolute atomic E-state index is 11.9. The number of alkyl halides is 1. The first-order chi connectivity index (χ1) is 9.19. The van der Waals surface area contributed by atoms with Crippen LogP contribution in [0.2, 0.25) is 0 Å². The number of amides is 1. The summed E-state index contributed by atoms with van der Waals surface area (Å²) in [7, 11) is 0. The molecule has 1 N–H and O–H groups in total. The molecule has 1 aromatic heterocycles. The van der Waals surface area contributed by atoms with Crippen LogP contribution in [0.15, 0.2) is 34.9 Å². The van der Waals surface area contributed by atoms with Crippen LogP contribution in [0.4, 0.5) is 5.82 Å². The zero-order valence-corrected chi connectivity index (χ0v) is 11.9. The second kappa shape index (κ2) is 6.38. The van der Waals surface area contributed by atoms with Crippen LogP contribution in [0.1, 0.15) is 16.1 Å². The SMILES string of the molecule is Cc1cc(NC(=O)c2ccc(OCCBr)cc2)no1. The molecule has 0 atom stereocenters. The highest BCUT2D eigenvalue weighted by Crippen LogP contribution is 2.14. The van der Waals surface area contributed by atoms with Crippen molar-refractivity contribution in [2.75, 3.05) is 17.3 Å². The largest absolute Gasteiger partial charge is 0.493 e. The minimum atomic E-state index is -0.236. The number of anilines is 1. The lowest BCUT2D eigenvalue weighted by Gasteiger charge is -2.05. The molecule has 1 aromatic carbocycles. The number of benzene rings is 1. The minimum Gasteiger partial charge on any atom is -0.493 e. The van der Waals surface area contributed by atoms with Crippen LogP contribution in [0.3, 0.4) is 0 Å². The Hall–Kier alpha value is -1.82. The van der Waals surface area contributed by atoms with Gasteiger partial charge in [0, 0.05) is 17.0 Å². The fourth-order valence-corrected chi connectivity index (χ4v) is 1.63. The van der Waals surface area contributed by atoms with E-state index < -0.39 is 0 Å². The molecule has 0 saturated carbocycles. The van der Waals surface area contributed by atoms with E-state index in [4.69, 9.17) is 9.26 Å². The topological polar surface area (TPSA) is 64.4 Å². The van der Waals surface area contributed by atoms with Crippen molar-refractivity contribution in [2.24, 2.45) is 0 Å². The summed E-state index contributed by atoms with van der Waals surface area (Å²) in [6.07, 6.45) is 0. The number of carbonyl (C=O) groups is 1. The van der Waals surface area contributed by atoms with Gasteiger partial charge >= 0.3 is 0 Å². The van der Waals surface area contributed by atoms with E-state index in [1.54, 1.807) is 37.3 Å². The van der Waals surface area contributed by atoms with E-state index in [-0.39, 0.29) is 5.91 Å². The predicted octanol–water partition coefficient (Wildman–Crippen LogP) is 3.01. The smallest absolute Gasteiger partial charge is 0.256 e. The van der Waals surface area contributed by atoms with Gasteiger partial charge in [0.25, 0.3) is 5.91 Å². The molecular formula is C13H13BrN2O3. The first-order valence-corrected chi connectivity index (χ1v) is 6.84. The molecule has 1 amide bonds. The zero-order chi connectivity index (χ0) is 13.7. The molecule has 0 aliphatic rings. The summed E-state index contributed by atoms with van der Waals surface area (Å²) in [6, 6.07) is 8.57. The van der Waals surface area contributed by atoms with Gasteiger partial charge in [-0.2, -0.15) is 0 Å². The lowest BCUT2D eigenvalue weighted by molar-refractivity contribution is 0.102. The van der Waals surface area contributed by atoms with E-state index in [9.17, 15) is 4.79 Å². The van der Waals surface area contributed by atoms with Crippen LogP contribution >= 0.6 is 15.9 Å². The molecule has 6 heteroatoms. The highest BCUT2D eigenvalue weighted by molar-refractivity contribution is 9.09. The Bertz CT molecular complexity index is 551. The Morgan fingerprint density at radius 1 is 1.42 bits per heavy atom. The van der Waals surface area contributed by atoms with E-state index in [2.05, 4.69) is 26.4 Å². The first kappa shape index (κ1) is 13.6. The van der Waals surface area contributed by atoms with Gasteiger partial charge in [0.05, 0.1) is 6.61 Å². The van der Waals surface area contributed by atoms with Crippen LogP contribution in [-0.2, 0) is 0 Å². The molecule has 0 bridgehead atoms. The molecular weight excluding hydrogens is 312 g/mol. The molecule has 5 nitrogen and oxygen atoms in total. The normalized spacial score (nSPS) is 10.2. The summed E-state index contributed by atoms with van der Waals surface area (Å²) in [6.45, 7) is 2.35. The molecule has 1 heterocycles. The molecule has 19 heavy (non-hydrogen) atoms. The van der Waals surface area contributed by atoms with Gasteiger partial charge in [0.15, 0.2) is 5.82 Å². The third-order valence-electron chi connectivity index (χ3n) is 2.33. The second-order valence-corrected chi connectivity index (χ2v) is 4.63. The second-order valence-electron chi connectivity index (χ2n) is 3.84. The highest BCUT2D eigenvalue weighted by Gasteiger charge is 2.08. The van der Waals surface area contributed by atoms with Crippen molar-refractivity contribution < 1.29 is 14.1 Å². The van der Waals surface area contributed by atoms with Crippen LogP contribution in [0, 0.1) is 6.92 Å².